The van der Waals surface area contributed by atoms with Gasteiger partial charge >= 0.3 is 0 Å². The molecule has 4 aromatic rings. The molecule has 3 N–H and O–H groups in total. The molecule has 5 heterocycles. The highest BCUT2D eigenvalue weighted by atomic mass is 32.1. The number of carbonyl (C=O) groups is 2. The standard InChI is InChI=1S/C26H29N7O2S/c1-16-19(12-18(14-30-16)24(35)29-9-11-32-10-5-7-26(32,2)3)21-22(17-6-4-8-28-13-17)36-25-20(23(27)34)15-31-33(21)25/h4,6,8,12-15H,5,7,9-11H2,1-3H3,(H2,27,34)(H,29,35). The predicted molar refractivity (Wildman–Crippen MR) is 140 cm³/mol. The molecule has 0 bridgehead atoms. The van der Waals surface area contributed by atoms with Crippen LogP contribution in [0.1, 0.15) is 53.1 Å². The summed E-state index contributed by atoms with van der Waals surface area (Å²) in [5.74, 6) is -0.715. The van der Waals surface area contributed by atoms with Crippen LogP contribution in [0.3, 0.4) is 0 Å². The highest BCUT2D eigenvalue weighted by Gasteiger charge is 2.31. The SMILES string of the molecule is Cc1ncc(C(=O)NCCN2CCCC2(C)C)cc1-c1c(-c2cccnc2)sc2c(C(N)=O)cnn12. The van der Waals surface area contributed by atoms with Gasteiger partial charge in [0.15, 0.2) is 0 Å². The number of amides is 2. The molecule has 0 unspecified atom stereocenters. The van der Waals surface area contributed by atoms with E-state index in [0.717, 1.165) is 40.5 Å². The molecule has 0 spiro atoms. The fourth-order valence-electron chi connectivity index (χ4n) is 4.82. The number of nitrogens with zero attached hydrogens (tertiary/aromatic N) is 5. The molecule has 5 rings (SSSR count). The van der Waals surface area contributed by atoms with Crippen molar-refractivity contribution < 1.29 is 9.59 Å². The third kappa shape index (κ3) is 4.38. The van der Waals surface area contributed by atoms with Crippen LogP contribution in [0, 0.1) is 6.92 Å². The van der Waals surface area contributed by atoms with Crippen molar-refractivity contribution in [1.82, 2.24) is 29.8 Å². The van der Waals surface area contributed by atoms with E-state index in [1.165, 1.54) is 30.4 Å². The van der Waals surface area contributed by atoms with Crippen molar-refractivity contribution >= 4 is 28.0 Å². The first-order chi connectivity index (χ1) is 17.3. The lowest BCUT2D eigenvalue weighted by atomic mass is 10.0. The van der Waals surface area contributed by atoms with Crippen molar-refractivity contribution in [2.24, 2.45) is 5.73 Å². The Morgan fingerprint density at radius 1 is 1.25 bits per heavy atom. The summed E-state index contributed by atoms with van der Waals surface area (Å²) in [7, 11) is 0. The third-order valence-electron chi connectivity index (χ3n) is 6.88. The number of aromatic nitrogens is 4. The highest BCUT2D eigenvalue weighted by molar-refractivity contribution is 7.21. The van der Waals surface area contributed by atoms with E-state index in [1.54, 1.807) is 23.1 Å². The number of rotatable bonds is 7. The van der Waals surface area contributed by atoms with E-state index in [0.29, 0.717) is 22.5 Å². The Kier molecular flexibility index (Phi) is 6.31. The van der Waals surface area contributed by atoms with Crippen molar-refractivity contribution in [2.45, 2.75) is 39.2 Å². The maximum absolute atomic E-state index is 13.1. The van der Waals surface area contributed by atoms with Crippen LogP contribution in [0.15, 0.2) is 43.0 Å². The van der Waals surface area contributed by atoms with Crippen LogP contribution in [-0.2, 0) is 0 Å². The van der Waals surface area contributed by atoms with Gasteiger partial charge in [-0.25, -0.2) is 4.52 Å². The Balaban J connectivity index is 1.49. The minimum absolute atomic E-state index is 0.170. The molecule has 36 heavy (non-hydrogen) atoms. The lowest BCUT2D eigenvalue weighted by Crippen LogP contribution is -2.43. The van der Waals surface area contributed by atoms with Gasteiger partial charge in [0, 0.05) is 54.0 Å². The average Bonchev–Trinajstić information content (AvgIpc) is 3.53. The summed E-state index contributed by atoms with van der Waals surface area (Å²) in [6.45, 7) is 8.82. The number of hydrogen-bond acceptors (Lipinski definition) is 7. The molecule has 9 nitrogen and oxygen atoms in total. The highest BCUT2D eigenvalue weighted by Crippen LogP contribution is 2.41. The third-order valence-corrected chi connectivity index (χ3v) is 8.10. The smallest absolute Gasteiger partial charge is 0.253 e. The fraction of sp³-hybridized carbons (Fsp3) is 0.346. The Morgan fingerprint density at radius 2 is 2.08 bits per heavy atom. The normalized spacial score (nSPS) is 15.4. The Morgan fingerprint density at radius 3 is 2.78 bits per heavy atom. The zero-order chi connectivity index (χ0) is 25.4. The van der Waals surface area contributed by atoms with E-state index in [-0.39, 0.29) is 11.4 Å². The van der Waals surface area contributed by atoms with Gasteiger partial charge in [-0.15, -0.1) is 11.3 Å². The van der Waals surface area contributed by atoms with Crippen molar-refractivity contribution in [3.05, 3.63) is 59.8 Å². The number of aryl methyl sites for hydroxylation is 1. The summed E-state index contributed by atoms with van der Waals surface area (Å²) in [5, 5.41) is 7.50. The molecule has 0 radical (unpaired) electrons. The van der Waals surface area contributed by atoms with Gasteiger partial charge in [0.25, 0.3) is 11.8 Å². The molecule has 0 saturated carbocycles. The van der Waals surface area contributed by atoms with Gasteiger partial charge in [0.1, 0.15) is 4.83 Å². The summed E-state index contributed by atoms with van der Waals surface area (Å²) in [6, 6.07) is 5.64. The van der Waals surface area contributed by atoms with Gasteiger partial charge < -0.3 is 11.1 Å². The summed E-state index contributed by atoms with van der Waals surface area (Å²) in [5.41, 5.74) is 9.70. The molecule has 10 heteroatoms. The molecule has 0 atom stereocenters. The molecule has 2 amide bonds. The van der Waals surface area contributed by atoms with E-state index >= 15 is 0 Å². The quantitative estimate of drug-likeness (QED) is 0.398. The minimum atomic E-state index is -0.542. The largest absolute Gasteiger partial charge is 0.365 e. The minimum Gasteiger partial charge on any atom is -0.365 e. The van der Waals surface area contributed by atoms with Gasteiger partial charge in [-0.1, -0.05) is 6.07 Å². The van der Waals surface area contributed by atoms with Crippen molar-refractivity contribution in [3.63, 3.8) is 0 Å². The summed E-state index contributed by atoms with van der Waals surface area (Å²) in [6.07, 6.45) is 8.90. The number of thiazole rings is 1. The first kappa shape index (κ1) is 24.1. The van der Waals surface area contributed by atoms with Crippen molar-refractivity contribution in [3.8, 4) is 21.7 Å². The zero-order valence-electron chi connectivity index (χ0n) is 20.6. The molecule has 1 saturated heterocycles. The molecule has 0 aromatic carbocycles. The zero-order valence-corrected chi connectivity index (χ0v) is 21.4. The van der Waals surface area contributed by atoms with E-state index < -0.39 is 5.91 Å². The maximum Gasteiger partial charge on any atom is 0.253 e. The number of primary amides is 1. The molecule has 4 aromatic heterocycles. The van der Waals surface area contributed by atoms with Crippen LogP contribution in [0.2, 0.25) is 0 Å². The first-order valence-corrected chi connectivity index (χ1v) is 12.8. The van der Waals surface area contributed by atoms with Crippen LogP contribution in [0.25, 0.3) is 26.5 Å². The van der Waals surface area contributed by atoms with E-state index in [9.17, 15) is 9.59 Å². The summed E-state index contributed by atoms with van der Waals surface area (Å²) in [4.78, 5) is 37.8. The van der Waals surface area contributed by atoms with E-state index in [1.807, 2.05) is 25.1 Å². The molecule has 186 valence electrons. The second-order valence-corrected chi connectivity index (χ2v) is 10.7. The fourth-order valence-corrected chi connectivity index (χ4v) is 6.03. The van der Waals surface area contributed by atoms with Gasteiger partial charge in [-0.05, 0) is 52.3 Å². The van der Waals surface area contributed by atoms with Crippen molar-refractivity contribution in [2.75, 3.05) is 19.6 Å². The maximum atomic E-state index is 13.1. The topological polar surface area (TPSA) is 119 Å². The molecular weight excluding hydrogens is 474 g/mol. The van der Waals surface area contributed by atoms with Crippen molar-refractivity contribution in [1.29, 1.82) is 0 Å². The molecule has 1 aliphatic rings. The predicted octanol–water partition coefficient (Wildman–Crippen LogP) is 3.53. The monoisotopic (exact) mass is 503 g/mol. The number of fused-ring (bicyclic) bond motifs is 1. The van der Waals surface area contributed by atoms with Crippen LogP contribution < -0.4 is 11.1 Å². The second-order valence-electron chi connectivity index (χ2n) is 9.68. The molecule has 0 aliphatic carbocycles. The van der Waals surface area contributed by atoms with Gasteiger partial charge in [0.2, 0.25) is 0 Å². The Labute approximate surface area is 213 Å². The summed E-state index contributed by atoms with van der Waals surface area (Å²) < 4.78 is 1.70. The Hall–Kier alpha value is -3.63. The Bertz CT molecular complexity index is 1440. The van der Waals surface area contributed by atoms with E-state index in [2.05, 4.69) is 39.1 Å². The number of nitrogens with one attached hydrogen (secondary N) is 1. The van der Waals surface area contributed by atoms with E-state index in [4.69, 9.17) is 5.73 Å². The molecule has 1 aliphatic heterocycles. The number of nitrogens with two attached hydrogens (primary N) is 1. The average molecular weight is 504 g/mol. The van der Waals surface area contributed by atoms with Gasteiger partial charge in [-0.3, -0.25) is 24.5 Å². The van der Waals surface area contributed by atoms with Crippen LogP contribution in [0.4, 0.5) is 0 Å². The van der Waals surface area contributed by atoms with Crippen LogP contribution >= 0.6 is 11.3 Å². The van der Waals surface area contributed by atoms with Gasteiger partial charge in [0.05, 0.1) is 27.9 Å². The van der Waals surface area contributed by atoms with Crippen LogP contribution in [-0.4, -0.2) is 61.5 Å². The second kappa shape index (κ2) is 9.44. The molecular formula is C26H29N7O2S. The summed E-state index contributed by atoms with van der Waals surface area (Å²) >= 11 is 1.41. The lowest BCUT2D eigenvalue weighted by molar-refractivity contribution is 0.0939. The molecule has 1 fully saturated rings. The number of carbonyl (C=O) groups excluding carboxylic acids is 2. The van der Waals surface area contributed by atoms with Gasteiger partial charge in [-0.2, -0.15) is 5.10 Å². The first-order valence-electron chi connectivity index (χ1n) is 12.0. The lowest BCUT2D eigenvalue weighted by Gasteiger charge is -2.31. The number of hydrogen-bond donors (Lipinski definition) is 2. The number of pyridine rings is 2. The van der Waals surface area contributed by atoms with Crippen LogP contribution in [0.5, 0.6) is 0 Å². The number of likely N-dealkylation sites (tertiary alicyclic amines) is 1.